The Morgan fingerprint density at radius 1 is 1.39 bits per heavy atom. The van der Waals surface area contributed by atoms with Gasteiger partial charge in [0.25, 0.3) is 5.91 Å². The molecule has 0 saturated carbocycles. The molecule has 94 valence electrons. The molecule has 0 aliphatic rings. The lowest BCUT2D eigenvalue weighted by atomic mass is 10.2. The van der Waals surface area contributed by atoms with E-state index in [1.165, 1.54) is 0 Å². The first-order valence-electron chi connectivity index (χ1n) is 5.16. The summed E-state index contributed by atoms with van der Waals surface area (Å²) in [4.78, 5) is 11.2. The average molecular weight is 264 g/mol. The maximum absolute atomic E-state index is 11.2. The zero-order chi connectivity index (χ0) is 13.1. The van der Waals surface area contributed by atoms with Crippen LogP contribution in [-0.2, 0) is 6.54 Å². The van der Waals surface area contributed by atoms with Gasteiger partial charge in [0.1, 0.15) is 5.75 Å². The van der Waals surface area contributed by atoms with E-state index >= 15 is 0 Å². The monoisotopic (exact) mass is 264 g/mol. The van der Waals surface area contributed by atoms with Crippen LogP contribution in [0.5, 0.6) is 5.75 Å². The number of ether oxygens (including phenoxy) is 1. The lowest BCUT2D eigenvalue weighted by Gasteiger charge is -2.07. The molecule has 0 aliphatic heterocycles. The van der Waals surface area contributed by atoms with Gasteiger partial charge in [0, 0.05) is 0 Å². The fraction of sp³-hybridized carbons (Fsp3) is 0.182. The first kappa shape index (κ1) is 12.4. The van der Waals surface area contributed by atoms with Gasteiger partial charge in [-0.1, -0.05) is 12.1 Å². The van der Waals surface area contributed by atoms with E-state index in [4.69, 9.17) is 10.5 Å². The van der Waals surface area contributed by atoms with E-state index in [0.29, 0.717) is 11.7 Å². The summed E-state index contributed by atoms with van der Waals surface area (Å²) in [5.41, 5.74) is 6.18. The number of nitrogens with two attached hydrogens (primary N) is 1. The van der Waals surface area contributed by atoms with Crippen LogP contribution in [-0.4, -0.2) is 27.8 Å². The number of primary amides is 1. The number of carbonyl (C=O) groups is 1. The number of aromatic nitrogens is 3. The first-order chi connectivity index (χ1) is 8.61. The van der Waals surface area contributed by atoms with Crippen molar-refractivity contribution in [3.05, 3.63) is 35.7 Å². The van der Waals surface area contributed by atoms with E-state index in [1.54, 1.807) is 11.7 Å². The molecular weight excluding hydrogens is 252 g/mol. The molecule has 6 nitrogen and oxygen atoms in total. The number of methoxy groups -OCH3 is 1. The molecule has 2 aromatic rings. The molecular formula is C11H12N4O2S. The van der Waals surface area contributed by atoms with Crippen LogP contribution in [0.25, 0.3) is 0 Å². The highest BCUT2D eigenvalue weighted by Crippen LogP contribution is 2.14. The van der Waals surface area contributed by atoms with E-state index in [-0.39, 0.29) is 5.82 Å². The number of hydrogen-bond acceptors (Lipinski definition) is 5. The minimum atomic E-state index is -0.628. The highest BCUT2D eigenvalue weighted by molar-refractivity contribution is 7.80. The molecule has 2 rings (SSSR count). The Kier molecular flexibility index (Phi) is 3.52. The summed E-state index contributed by atoms with van der Waals surface area (Å²) in [6, 6.07) is 7.44. The summed E-state index contributed by atoms with van der Waals surface area (Å²) in [5, 5.41) is 7.75. The topological polar surface area (TPSA) is 83.0 Å². The van der Waals surface area contributed by atoms with Crippen molar-refractivity contribution >= 4 is 18.5 Å². The molecule has 0 bridgehead atoms. The Labute approximate surface area is 109 Å². The van der Waals surface area contributed by atoms with Crippen molar-refractivity contribution in [1.29, 1.82) is 0 Å². The van der Waals surface area contributed by atoms with Crippen LogP contribution >= 0.6 is 12.6 Å². The Hall–Kier alpha value is -2.02. The molecule has 0 unspecified atom stereocenters. The summed E-state index contributed by atoms with van der Waals surface area (Å²) in [6.45, 7) is 0.425. The Morgan fingerprint density at radius 2 is 2.06 bits per heavy atom. The minimum Gasteiger partial charge on any atom is -0.497 e. The van der Waals surface area contributed by atoms with Crippen molar-refractivity contribution in [1.82, 2.24) is 14.8 Å². The zero-order valence-corrected chi connectivity index (χ0v) is 10.6. The van der Waals surface area contributed by atoms with Crippen molar-refractivity contribution in [2.45, 2.75) is 11.7 Å². The van der Waals surface area contributed by atoms with Crippen LogP contribution in [0.4, 0.5) is 0 Å². The van der Waals surface area contributed by atoms with Crippen molar-refractivity contribution in [3.8, 4) is 5.75 Å². The van der Waals surface area contributed by atoms with E-state index in [9.17, 15) is 4.79 Å². The molecule has 1 heterocycles. The van der Waals surface area contributed by atoms with Gasteiger partial charge in [-0.2, -0.15) is 0 Å². The van der Waals surface area contributed by atoms with Gasteiger partial charge < -0.3 is 10.5 Å². The van der Waals surface area contributed by atoms with E-state index in [1.807, 2.05) is 24.3 Å². The zero-order valence-electron chi connectivity index (χ0n) is 9.70. The number of amides is 1. The summed E-state index contributed by atoms with van der Waals surface area (Å²) in [5.74, 6) is 0.232. The molecule has 1 aromatic carbocycles. The highest BCUT2D eigenvalue weighted by atomic mass is 32.1. The third kappa shape index (κ3) is 2.45. The minimum absolute atomic E-state index is 0.0934. The predicted molar refractivity (Wildman–Crippen MR) is 67.9 cm³/mol. The van der Waals surface area contributed by atoms with Crippen LogP contribution in [0.1, 0.15) is 16.2 Å². The molecule has 1 amide bonds. The van der Waals surface area contributed by atoms with Crippen molar-refractivity contribution < 1.29 is 9.53 Å². The standard InChI is InChI=1S/C11H12N4O2S/c1-17-8-4-2-7(3-5-8)6-15-10(9(12)16)13-14-11(15)18/h2-5H,6H2,1H3,(H2,12,16)(H,14,18). The number of nitrogens with zero attached hydrogens (tertiary/aromatic N) is 3. The number of thiol groups is 1. The third-order valence-corrected chi connectivity index (χ3v) is 2.78. The number of benzene rings is 1. The van der Waals surface area contributed by atoms with Gasteiger partial charge in [-0.15, -0.1) is 22.8 Å². The molecule has 1 aromatic heterocycles. The van der Waals surface area contributed by atoms with Crippen molar-refractivity contribution in [2.24, 2.45) is 5.73 Å². The quantitative estimate of drug-likeness (QED) is 0.797. The van der Waals surface area contributed by atoms with Gasteiger partial charge in [0.05, 0.1) is 13.7 Å². The Bertz CT molecular complexity index is 565. The fourth-order valence-electron chi connectivity index (χ4n) is 1.54. The molecule has 0 spiro atoms. The van der Waals surface area contributed by atoms with Gasteiger partial charge in [0.15, 0.2) is 5.16 Å². The van der Waals surface area contributed by atoms with Crippen molar-refractivity contribution in [3.63, 3.8) is 0 Å². The molecule has 0 fully saturated rings. The number of carbonyl (C=O) groups excluding carboxylic acids is 1. The van der Waals surface area contributed by atoms with Gasteiger partial charge in [-0.25, -0.2) is 0 Å². The smallest absolute Gasteiger partial charge is 0.286 e. The summed E-state index contributed by atoms with van der Waals surface area (Å²) in [6.07, 6.45) is 0. The maximum Gasteiger partial charge on any atom is 0.286 e. The predicted octanol–water partition coefficient (Wildman–Crippen LogP) is 0.723. The first-order valence-corrected chi connectivity index (χ1v) is 5.61. The van der Waals surface area contributed by atoms with Crippen LogP contribution in [0.15, 0.2) is 29.4 Å². The molecule has 0 aliphatic carbocycles. The summed E-state index contributed by atoms with van der Waals surface area (Å²) >= 11 is 4.14. The largest absolute Gasteiger partial charge is 0.497 e. The normalized spacial score (nSPS) is 10.3. The molecule has 0 atom stereocenters. The second-order valence-electron chi connectivity index (χ2n) is 3.62. The van der Waals surface area contributed by atoms with E-state index in [2.05, 4.69) is 22.8 Å². The summed E-state index contributed by atoms with van der Waals surface area (Å²) in [7, 11) is 1.60. The second-order valence-corrected chi connectivity index (χ2v) is 4.02. The summed E-state index contributed by atoms with van der Waals surface area (Å²) < 4.78 is 6.62. The van der Waals surface area contributed by atoms with E-state index in [0.717, 1.165) is 11.3 Å². The van der Waals surface area contributed by atoms with Gasteiger partial charge >= 0.3 is 0 Å². The fourth-order valence-corrected chi connectivity index (χ4v) is 1.75. The Morgan fingerprint density at radius 3 is 2.61 bits per heavy atom. The Balaban J connectivity index is 2.27. The highest BCUT2D eigenvalue weighted by Gasteiger charge is 2.14. The molecule has 18 heavy (non-hydrogen) atoms. The average Bonchev–Trinajstić information content (AvgIpc) is 2.72. The van der Waals surface area contributed by atoms with Gasteiger partial charge in [-0.05, 0) is 17.7 Å². The number of hydrogen-bond donors (Lipinski definition) is 2. The molecule has 7 heteroatoms. The molecule has 0 radical (unpaired) electrons. The van der Waals surface area contributed by atoms with Gasteiger partial charge in [0.2, 0.25) is 5.82 Å². The lowest BCUT2D eigenvalue weighted by molar-refractivity contribution is 0.0986. The second kappa shape index (κ2) is 5.09. The number of rotatable bonds is 4. The SMILES string of the molecule is COc1ccc(Cn2c(S)nnc2C(N)=O)cc1. The maximum atomic E-state index is 11.2. The lowest BCUT2D eigenvalue weighted by Crippen LogP contribution is -2.18. The van der Waals surface area contributed by atoms with Crippen LogP contribution in [0.2, 0.25) is 0 Å². The van der Waals surface area contributed by atoms with Gasteiger partial charge in [-0.3, -0.25) is 9.36 Å². The van der Waals surface area contributed by atoms with Crippen molar-refractivity contribution in [2.75, 3.05) is 7.11 Å². The molecule has 2 N–H and O–H groups in total. The van der Waals surface area contributed by atoms with Crippen LogP contribution in [0, 0.1) is 0 Å². The van der Waals surface area contributed by atoms with E-state index < -0.39 is 5.91 Å². The van der Waals surface area contributed by atoms with Crippen LogP contribution in [0.3, 0.4) is 0 Å². The third-order valence-electron chi connectivity index (χ3n) is 2.45. The van der Waals surface area contributed by atoms with Crippen LogP contribution < -0.4 is 10.5 Å². The molecule has 0 saturated heterocycles.